The molecule has 152 valence electrons. The van der Waals surface area contributed by atoms with Crippen molar-refractivity contribution in [3.05, 3.63) is 88.2 Å². The molecule has 1 N–H and O–H groups in total. The van der Waals surface area contributed by atoms with E-state index in [0.717, 1.165) is 16.0 Å². The second kappa shape index (κ2) is 8.50. The average molecular weight is 441 g/mol. The highest BCUT2D eigenvalue weighted by molar-refractivity contribution is 8.00. The monoisotopic (exact) mass is 440 g/mol. The maximum Gasteiger partial charge on any atom is 0.255 e. The predicted molar refractivity (Wildman–Crippen MR) is 119 cm³/mol. The molecule has 4 rings (SSSR count). The Balaban J connectivity index is 1.61. The van der Waals surface area contributed by atoms with Gasteiger partial charge in [0.05, 0.1) is 28.7 Å². The van der Waals surface area contributed by atoms with Gasteiger partial charge in [-0.1, -0.05) is 29.8 Å². The highest BCUT2D eigenvalue weighted by atomic mass is 35.5. The number of hydrogen-bond acceptors (Lipinski definition) is 3. The van der Waals surface area contributed by atoms with Crippen LogP contribution in [0.4, 0.5) is 15.8 Å². The minimum absolute atomic E-state index is 0.0593. The van der Waals surface area contributed by atoms with Gasteiger partial charge in [0.1, 0.15) is 5.82 Å². The molecule has 0 atom stereocenters. The third-order valence-corrected chi connectivity index (χ3v) is 6.15. The maximum absolute atomic E-state index is 13.2. The van der Waals surface area contributed by atoms with Gasteiger partial charge in [-0.3, -0.25) is 9.59 Å². The first-order chi connectivity index (χ1) is 14.4. The number of hydrogen-bond donors (Lipinski definition) is 1. The van der Waals surface area contributed by atoms with Crippen molar-refractivity contribution in [2.75, 3.05) is 16.0 Å². The summed E-state index contributed by atoms with van der Waals surface area (Å²) in [6.45, 7) is 2.23. The summed E-state index contributed by atoms with van der Waals surface area (Å²) in [7, 11) is 0. The van der Waals surface area contributed by atoms with Crippen molar-refractivity contribution < 1.29 is 14.0 Å². The largest absolute Gasteiger partial charge is 0.321 e. The topological polar surface area (TPSA) is 49.4 Å². The van der Waals surface area contributed by atoms with E-state index in [0.29, 0.717) is 34.3 Å². The molecule has 0 spiro atoms. The molecule has 7 heteroatoms. The second-order valence-electron chi connectivity index (χ2n) is 7.01. The molecular weight excluding hydrogens is 423 g/mol. The highest BCUT2D eigenvalue weighted by Gasteiger charge is 2.26. The molecule has 0 aliphatic carbocycles. The summed E-state index contributed by atoms with van der Waals surface area (Å²) >= 11 is 7.66. The first-order valence-electron chi connectivity index (χ1n) is 9.30. The number of carbonyl (C=O) groups excluding carboxylic acids is 2. The Morgan fingerprint density at radius 2 is 1.90 bits per heavy atom. The first kappa shape index (κ1) is 20.4. The fourth-order valence-corrected chi connectivity index (χ4v) is 4.40. The predicted octanol–water partition coefficient (Wildman–Crippen LogP) is 5.68. The van der Waals surface area contributed by atoms with E-state index in [1.54, 1.807) is 41.3 Å². The molecule has 30 heavy (non-hydrogen) atoms. The molecule has 0 fully saturated rings. The summed E-state index contributed by atoms with van der Waals surface area (Å²) in [5, 5.41) is 3.28. The minimum Gasteiger partial charge on any atom is -0.321 e. The number of amides is 2. The number of carbonyl (C=O) groups is 2. The number of rotatable bonds is 4. The summed E-state index contributed by atoms with van der Waals surface area (Å²) in [5.41, 5.74) is 3.43. The average Bonchev–Trinajstić information content (AvgIpc) is 2.73. The van der Waals surface area contributed by atoms with Crippen LogP contribution in [-0.2, 0) is 11.3 Å². The van der Waals surface area contributed by atoms with Gasteiger partial charge in [0.2, 0.25) is 5.91 Å². The fraction of sp³-hybridized carbons (Fsp3) is 0.130. The van der Waals surface area contributed by atoms with Gasteiger partial charge < -0.3 is 10.2 Å². The summed E-state index contributed by atoms with van der Waals surface area (Å²) in [5.74, 6) is -0.378. The number of fused-ring (bicyclic) bond motifs is 1. The molecule has 0 unspecified atom stereocenters. The van der Waals surface area contributed by atoms with Crippen molar-refractivity contribution in [1.29, 1.82) is 0 Å². The molecule has 1 heterocycles. The number of aryl methyl sites for hydroxylation is 1. The Morgan fingerprint density at radius 3 is 2.63 bits per heavy atom. The highest BCUT2D eigenvalue weighted by Crippen LogP contribution is 2.37. The summed E-state index contributed by atoms with van der Waals surface area (Å²) < 4.78 is 13.2. The molecule has 2 amide bonds. The number of nitrogens with one attached hydrogen (secondary N) is 1. The minimum atomic E-state index is -0.326. The summed E-state index contributed by atoms with van der Waals surface area (Å²) in [4.78, 5) is 27.9. The number of halogens is 2. The molecule has 3 aromatic carbocycles. The molecule has 0 radical (unpaired) electrons. The van der Waals surface area contributed by atoms with Crippen LogP contribution in [-0.4, -0.2) is 17.6 Å². The van der Waals surface area contributed by atoms with Crippen LogP contribution in [0.2, 0.25) is 5.02 Å². The Kier molecular flexibility index (Phi) is 5.79. The quantitative estimate of drug-likeness (QED) is 0.568. The number of thioether (sulfide) groups is 1. The fourth-order valence-electron chi connectivity index (χ4n) is 3.21. The molecule has 1 aliphatic heterocycles. The van der Waals surface area contributed by atoms with Crippen LogP contribution in [0.25, 0.3) is 0 Å². The Hall–Kier alpha value is -2.83. The zero-order valence-electron chi connectivity index (χ0n) is 16.1. The van der Waals surface area contributed by atoms with E-state index >= 15 is 0 Å². The Labute approximate surface area is 183 Å². The van der Waals surface area contributed by atoms with E-state index in [9.17, 15) is 14.0 Å². The van der Waals surface area contributed by atoms with Crippen molar-refractivity contribution in [2.24, 2.45) is 0 Å². The van der Waals surface area contributed by atoms with Crippen LogP contribution < -0.4 is 10.2 Å². The van der Waals surface area contributed by atoms with Crippen molar-refractivity contribution in [2.45, 2.75) is 18.4 Å². The Morgan fingerprint density at radius 1 is 1.13 bits per heavy atom. The van der Waals surface area contributed by atoms with E-state index in [1.807, 2.05) is 19.1 Å². The van der Waals surface area contributed by atoms with Crippen LogP contribution in [0.15, 0.2) is 65.6 Å². The molecule has 1 aliphatic rings. The van der Waals surface area contributed by atoms with Crippen molar-refractivity contribution in [3.63, 3.8) is 0 Å². The van der Waals surface area contributed by atoms with Gasteiger partial charge in [0.25, 0.3) is 5.91 Å². The smallest absolute Gasteiger partial charge is 0.255 e. The van der Waals surface area contributed by atoms with Gasteiger partial charge in [0, 0.05) is 10.5 Å². The summed E-state index contributed by atoms with van der Waals surface area (Å²) in [6.07, 6.45) is 0. The lowest BCUT2D eigenvalue weighted by Gasteiger charge is -2.29. The molecule has 0 bridgehead atoms. The molecule has 0 saturated heterocycles. The SMILES string of the molecule is Cc1ccc(NC(=O)c2ccc3c(c2)N(Cc2ccc(F)cc2)C(=O)CS3)c(Cl)c1. The first-order valence-corrected chi connectivity index (χ1v) is 10.7. The number of benzene rings is 3. The van der Waals surface area contributed by atoms with Gasteiger partial charge in [-0.15, -0.1) is 11.8 Å². The van der Waals surface area contributed by atoms with Crippen molar-refractivity contribution in [1.82, 2.24) is 0 Å². The van der Waals surface area contributed by atoms with E-state index in [1.165, 1.54) is 23.9 Å². The van der Waals surface area contributed by atoms with Crippen LogP contribution >= 0.6 is 23.4 Å². The van der Waals surface area contributed by atoms with Gasteiger partial charge in [-0.05, 0) is 60.5 Å². The third-order valence-electron chi connectivity index (χ3n) is 4.79. The second-order valence-corrected chi connectivity index (χ2v) is 8.44. The molecule has 0 aromatic heterocycles. The lowest BCUT2D eigenvalue weighted by Crippen LogP contribution is -2.35. The third kappa shape index (κ3) is 4.35. The lowest BCUT2D eigenvalue weighted by molar-refractivity contribution is -0.116. The molecular formula is C23H18ClFN2O2S. The lowest BCUT2D eigenvalue weighted by atomic mass is 10.1. The molecule has 0 saturated carbocycles. The van der Waals surface area contributed by atoms with Gasteiger partial charge in [-0.2, -0.15) is 0 Å². The van der Waals surface area contributed by atoms with Crippen molar-refractivity contribution >= 4 is 46.6 Å². The zero-order valence-corrected chi connectivity index (χ0v) is 17.7. The van der Waals surface area contributed by atoms with Crippen LogP contribution in [0.3, 0.4) is 0 Å². The van der Waals surface area contributed by atoms with Gasteiger partial charge >= 0.3 is 0 Å². The summed E-state index contributed by atoms with van der Waals surface area (Å²) in [6, 6.07) is 16.7. The van der Waals surface area contributed by atoms with Crippen molar-refractivity contribution in [3.8, 4) is 0 Å². The van der Waals surface area contributed by atoms with Crippen LogP contribution in [0, 0.1) is 12.7 Å². The number of nitrogens with zero attached hydrogens (tertiary/aromatic N) is 1. The maximum atomic E-state index is 13.2. The van der Waals surface area contributed by atoms with Gasteiger partial charge in [0.15, 0.2) is 0 Å². The number of anilines is 2. The van der Waals surface area contributed by atoms with E-state index < -0.39 is 0 Å². The standard InChI is InChI=1S/C23H18ClFN2O2S/c1-14-2-8-19(18(24)10-14)26-23(29)16-5-9-21-20(11-16)27(22(28)13-30-21)12-15-3-6-17(25)7-4-15/h2-11H,12-13H2,1H3,(H,26,29). The van der Waals surface area contributed by atoms with Gasteiger partial charge in [-0.25, -0.2) is 4.39 Å². The van der Waals surface area contributed by atoms with Crippen LogP contribution in [0.1, 0.15) is 21.5 Å². The van der Waals surface area contributed by atoms with E-state index in [-0.39, 0.29) is 17.6 Å². The van der Waals surface area contributed by atoms with Crippen LogP contribution in [0.5, 0.6) is 0 Å². The molecule has 4 nitrogen and oxygen atoms in total. The normalized spacial score (nSPS) is 13.2. The Bertz CT molecular complexity index is 1130. The van der Waals surface area contributed by atoms with E-state index in [2.05, 4.69) is 5.32 Å². The zero-order chi connectivity index (χ0) is 21.3. The van der Waals surface area contributed by atoms with E-state index in [4.69, 9.17) is 11.6 Å². The molecule has 3 aromatic rings.